The molecule has 0 spiro atoms. The highest BCUT2D eigenvalue weighted by molar-refractivity contribution is 5.27. The molecule has 1 aliphatic rings. The molecule has 1 heteroatoms. The number of nitrogens with one attached hydrogen (secondary N) is 1. The highest BCUT2D eigenvalue weighted by Crippen LogP contribution is 2.41. The van der Waals surface area contributed by atoms with Crippen molar-refractivity contribution in [2.24, 2.45) is 5.41 Å². The SMILES string of the molecule is CC(C)(C)CC1(c2ccccc2)CCN1. The van der Waals surface area contributed by atoms with Gasteiger partial charge in [-0.2, -0.15) is 0 Å². The summed E-state index contributed by atoms with van der Waals surface area (Å²) in [5.41, 5.74) is 2.08. The zero-order chi connectivity index (χ0) is 10.9. The molecule has 1 heterocycles. The van der Waals surface area contributed by atoms with Crippen molar-refractivity contribution in [3.8, 4) is 0 Å². The van der Waals surface area contributed by atoms with Crippen LogP contribution in [0, 0.1) is 5.41 Å². The normalized spacial score (nSPS) is 26.1. The highest BCUT2D eigenvalue weighted by Gasteiger charge is 2.40. The van der Waals surface area contributed by atoms with Crippen LogP contribution in [0.25, 0.3) is 0 Å². The van der Waals surface area contributed by atoms with E-state index in [0.717, 1.165) is 6.54 Å². The summed E-state index contributed by atoms with van der Waals surface area (Å²) in [6.45, 7) is 8.11. The van der Waals surface area contributed by atoms with Crippen molar-refractivity contribution in [2.75, 3.05) is 6.54 Å². The first kappa shape index (κ1) is 10.7. The molecule has 1 atom stereocenters. The molecule has 82 valence electrons. The maximum atomic E-state index is 3.63. The average Bonchev–Trinajstić information content (AvgIpc) is 2.11. The molecule has 0 amide bonds. The summed E-state index contributed by atoms with van der Waals surface area (Å²) >= 11 is 0. The van der Waals surface area contributed by atoms with Crippen LogP contribution >= 0.6 is 0 Å². The quantitative estimate of drug-likeness (QED) is 0.777. The lowest BCUT2D eigenvalue weighted by atomic mass is 9.70. The first-order valence-corrected chi connectivity index (χ1v) is 5.82. The van der Waals surface area contributed by atoms with Gasteiger partial charge in [0.05, 0.1) is 0 Å². The lowest BCUT2D eigenvalue weighted by Gasteiger charge is -2.47. The number of hydrogen-bond acceptors (Lipinski definition) is 1. The van der Waals surface area contributed by atoms with Crippen LogP contribution in [0.3, 0.4) is 0 Å². The van der Waals surface area contributed by atoms with Gasteiger partial charge in [0.1, 0.15) is 0 Å². The van der Waals surface area contributed by atoms with Crippen LogP contribution in [0.5, 0.6) is 0 Å². The van der Waals surface area contributed by atoms with E-state index in [1.165, 1.54) is 18.4 Å². The van der Waals surface area contributed by atoms with Crippen molar-refractivity contribution >= 4 is 0 Å². The fourth-order valence-corrected chi connectivity index (χ4v) is 2.59. The third-order valence-corrected chi connectivity index (χ3v) is 3.17. The third-order valence-electron chi connectivity index (χ3n) is 3.17. The van der Waals surface area contributed by atoms with Crippen LogP contribution in [-0.2, 0) is 5.54 Å². The van der Waals surface area contributed by atoms with E-state index in [0.29, 0.717) is 5.41 Å². The molecule has 1 aromatic rings. The van der Waals surface area contributed by atoms with Crippen LogP contribution in [-0.4, -0.2) is 6.54 Å². The second-order valence-corrected chi connectivity index (χ2v) is 5.86. The molecule has 15 heavy (non-hydrogen) atoms. The minimum atomic E-state index is 0.250. The lowest BCUT2D eigenvalue weighted by Crippen LogP contribution is -2.55. The summed E-state index contributed by atoms with van der Waals surface area (Å²) in [5.74, 6) is 0. The molecule has 0 aromatic heterocycles. The molecule has 0 aliphatic carbocycles. The molecule has 1 N–H and O–H groups in total. The summed E-state index contributed by atoms with van der Waals surface area (Å²) in [4.78, 5) is 0. The van der Waals surface area contributed by atoms with Crippen molar-refractivity contribution in [3.05, 3.63) is 35.9 Å². The minimum Gasteiger partial charge on any atom is -0.307 e. The van der Waals surface area contributed by atoms with Crippen LogP contribution < -0.4 is 5.32 Å². The highest BCUT2D eigenvalue weighted by atomic mass is 15.0. The van der Waals surface area contributed by atoms with E-state index in [9.17, 15) is 0 Å². The van der Waals surface area contributed by atoms with Gasteiger partial charge >= 0.3 is 0 Å². The zero-order valence-corrected chi connectivity index (χ0v) is 10.0. The fourth-order valence-electron chi connectivity index (χ4n) is 2.59. The summed E-state index contributed by atoms with van der Waals surface area (Å²) in [7, 11) is 0. The maximum Gasteiger partial charge on any atom is 0.0451 e. The molecule has 1 fully saturated rings. The molecule has 2 rings (SSSR count). The Labute approximate surface area is 92.9 Å². The Morgan fingerprint density at radius 1 is 1.20 bits per heavy atom. The lowest BCUT2D eigenvalue weighted by molar-refractivity contribution is 0.132. The second kappa shape index (κ2) is 3.64. The topological polar surface area (TPSA) is 12.0 Å². The summed E-state index contributed by atoms with van der Waals surface area (Å²) in [6, 6.07) is 10.9. The Hall–Kier alpha value is -0.820. The number of hydrogen-bond donors (Lipinski definition) is 1. The molecule has 1 unspecified atom stereocenters. The predicted octanol–water partition coefficient (Wildman–Crippen LogP) is 3.31. The van der Waals surface area contributed by atoms with Crippen molar-refractivity contribution in [2.45, 2.75) is 39.2 Å². The molecular formula is C14H21N. The first-order chi connectivity index (χ1) is 7.02. The molecule has 1 saturated heterocycles. The molecule has 0 radical (unpaired) electrons. The number of benzene rings is 1. The van der Waals surface area contributed by atoms with E-state index in [2.05, 4.69) is 56.4 Å². The molecule has 1 nitrogen and oxygen atoms in total. The number of rotatable bonds is 2. The van der Waals surface area contributed by atoms with E-state index in [1.807, 2.05) is 0 Å². The van der Waals surface area contributed by atoms with Gasteiger partial charge in [-0.05, 0) is 30.4 Å². The minimum absolute atomic E-state index is 0.250. The van der Waals surface area contributed by atoms with E-state index in [1.54, 1.807) is 0 Å². The standard InChI is InChI=1S/C14H21N/c1-13(2,3)11-14(9-10-15-14)12-7-5-4-6-8-12/h4-8,15H,9-11H2,1-3H3. The van der Waals surface area contributed by atoms with E-state index >= 15 is 0 Å². The Morgan fingerprint density at radius 2 is 1.80 bits per heavy atom. The third kappa shape index (κ3) is 2.23. The summed E-state index contributed by atoms with van der Waals surface area (Å²) in [5, 5.41) is 3.63. The van der Waals surface area contributed by atoms with E-state index in [4.69, 9.17) is 0 Å². The fraction of sp³-hybridized carbons (Fsp3) is 0.571. The molecule has 1 aromatic carbocycles. The molecule has 0 saturated carbocycles. The van der Waals surface area contributed by atoms with Crippen LogP contribution in [0.2, 0.25) is 0 Å². The van der Waals surface area contributed by atoms with Crippen molar-refractivity contribution in [1.82, 2.24) is 5.32 Å². The monoisotopic (exact) mass is 203 g/mol. The van der Waals surface area contributed by atoms with Gasteiger partial charge in [-0.25, -0.2) is 0 Å². The van der Waals surface area contributed by atoms with Gasteiger partial charge in [0.2, 0.25) is 0 Å². The summed E-state index contributed by atoms with van der Waals surface area (Å²) in [6.07, 6.45) is 2.48. The van der Waals surface area contributed by atoms with Crippen LogP contribution in [0.15, 0.2) is 30.3 Å². The average molecular weight is 203 g/mol. The Morgan fingerprint density at radius 3 is 2.20 bits per heavy atom. The Balaban J connectivity index is 2.23. The van der Waals surface area contributed by atoms with E-state index < -0.39 is 0 Å². The molecular weight excluding hydrogens is 182 g/mol. The Bertz CT molecular complexity index is 317. The van der Waals surface area contributed by atoms with Crippen molar-refractivity contribution in [3.63, 3.8) is 0 Å². The first-order valence-electron chi connectivity index (χ1n) is 5.82. The van der Waals surface area contributed by atoms with Crippen molar-refractivity contribution in [1.29, 1.82) is 0 Å². The smallest absolute Gasteiger partial charge is 0.0451 e. The van der Waals surface area contributed by atoms with Gasteiger partial charge in [-0.3, -0.25) is 0 Å². The van der Waals surface area contributed by atoms with Crippen LogP contribution in [0.1, 0.15) is 39.2 Å². The van der Waals surface area contributed by atoms with Gasteiger partial charge in [0, 0.05) is 5.54 Å². The molecule has 0 bridgehead atoms. The van der Waals surface area contributed by atoms with Gasteiger partial charge in [0.15, 0.2) is 0 Å². The van der Waals surface area contributed by atoms with Crippen LogP contribution in [0.4, 0.5) is 0 Å². The van der Waals surface area contributed by atoms with Gasteiger partial charge in [-0.1, -0.05) is 51.1 Å². The van der Waals surface area contributed by atoms with E-state index in [-0.39, 0.29) is 5.54 Å². The van der Waals surface area contributed by atoms with Gasteiger partial charge in [0.25, 0.3) is 0 Å². The van der Waals surface area contributed by atoms with Gasteiger partial charge < -0.3 is 5.32 Å². The largest absolute Gasteiger partial charge is 0.307 e. The predicted molar refractivity (Wildman–Crippen MR) is 64.8 cm³/mol. The zero-order valence-electron chi connectivity index (χ0n) is 10.0. The van der Waals surface area contributed by atoms with Gasteiger partial charge in [-0.15, -0.1) is 0 Å². The Kier molecular flexibility index (Phi) is 2.59. The maximum absolute atomic E-state index is 3.63. The molecule has 1 aliphatic heterocycles. The van der Waals surface area contributed by atoms with Crippen molar-refractivity contribution < 1.29 is 0 Å². The summed E-state index contributed by atoms with van der Waals surface area (Å²) < 4.78 is 0. The second-order valence-electron chi connectivity index (χ2n) is 5.86.